The molecule has 0 aliphatic carbocycles. The highest BCUT2D eigenvalue weighted by Gasteiger charge is 2.31. The van der Waals surface area contributed by atoms with E-state index in [9.17, 15) is 9.90 Å². The van der Waals surface area contributed by atoms with Gasteiger partial charge in [0, 0.05) is 0 Å². The van der Waals surface area contributed by atoms with Crippen molar-refractivity contribution < 1.29 is 14.6 Å². The molecular formula is C14H20O3. The average Bonchev–Trinajstić information content (AvgIpc) is 2.30. The van der Waals surface area contributed by atoms with Gasteiger partial charge in [-0.3, -0.25) is 4.79 Å². The van der Waals surface area contributed by atoms with Gasteiger partial charge in [-0.05, 0) is 31.9 Å². The van der Waals surface area contributed by atoms with Crippen molar-refractivity contribution in [2.24, 2.45) is 5.41 Å². The van der Waals surface area contributed by atoms with Crippen LogP contribution in [0.3, 0.4) is 0 Å². The molecule has 0 aromatic heterocycles. The van der Waals surface area contributed by atoms with Gasteiger partial charge in [-0.2, -0.15) is 0 Å². The third kappa shape index (κ3) is 4.10. The van der Waals surface area contributed by atoms with Crippen molar-refractivity contribution in [3.05, 3.63) is 30.3 Å². The molecule has 1 N–H and O–H groups in total. The topological polar surface area (TPSA) is 46.5 Å². The first-order valence-corrected chi connectivity index (χ1v) is 6.00. The Morgan fingerprint density at radius 2 is 1.94 bits per heavy atom. The number of carboxylic acid groups (broad SMARTS) is 1. The van der Waals surface area contributed by atoms with Crippen LogP contribution in [0.2, 0.25) is 0 Å². The number of ether oxygens (including phenoxy) is 1. The zero-order valence-electron chi connectivity index (χ0n) is 10.5. The van der Waals surface area contributed by atoms with Crippen LogP contribution < -0.4 is 4.74 Å². The van der Waals surface area contributed by atoms with E-state index in [0.717, 1.165) is 12.2 Å². The minimum atomic E-state index is -0.740. The molecule has 0 amide bonds. The van der Waals surface area contributed by atoms with Crippen LogP contribution in [0.25, 0.3) is 0 Å². The van der Waals surface area contributed by atoms with E-state index < -0.39 is 11.4 Å². The van der Waals surface area contributed by atoms with Crippen molar-refractivity contribution in [1.82, 2.24) is 0 Å². The first-order chi connectivity index (χ1) is 8.08. The molecule has 1 rings (SSSR count). The SMILES string of the molecule is CCCC(C)(CCOc1ccccc1)C(=O)O. The van der Waals surface area contributed by atoms with Crippen molar-refractivity contribution >= 4 is 5.97 Å². The standard InChI is InChI=1S/C14H20O3/c1-3-9-14(2,13(15)16)10-11-17-12-7-5-4-6-8-12/h4-8H,3,9-11H2,1-2H3,(H,15,16). The summed E-state index contributed by atoms with van der Waals surface area (Å²) in [5.41, 5.74) is -0.677. The zero-order valence-corrected chi connectivity index (χ0v) is 10.5. The normalized spacial score (nSPS) is 14.0. The lowest BCUT2D eigenvalue weighted by atomic mass is 9.83. The van der Waals surface area contributed by atoms with E-state index in [1.165, 1.54) is 0 Å². The molecule has 0 aliphatic rings. The third-order valence-electron chi connectivity index (χ3n) is 2.98. The van der Waals surface area contributed by atoms with Gasteiger partial charge in [-0.1, -0.05) is 31.5 Å². The van der Waals surface area contributed by atoms with Crippen LogP contribution in [0.4, 0.5) is 0 Å². The monoisotopic (exact) mass is 236 g/mol. The molecule has 0 bridgehead atoms. The largest absolute Gasteiger partial charge is 0.494 e. The van der Waals surface area contributed by atoms with E-state index in [2.05, 4.69) is 0 Å². The van der Waals surface area contributed by atoms with Crippen LogP contribution >= 0.6 is 0 Å². The van der Waals surface area contributed by atoms with Crippen LogP contribution in [-0.4, -0.2) is 17.7 Å². The van der Waals surface area contributed by atoms with Gasteiger partial charge in [0.15, 0.2) is 0 Å². The number of hydrogen-bond acceptors (Lipinski definition) is 2. The first-order valence-electron chi connectivity index (χ1n) is 6.00. The van der Waals surface area contributed by atoms with Gasteiger partial charge in [-0.25, -0.2) is 0 Å². The molecule has 17 heavy (non-hydrogen) atoms. The summed E-state index contributed by atoms with van der Waals surface area (Å²) in [5.74, 6) is 0.0488. The molecular weight excluding hydrogens is 216 g/mol. The van der Waals surface area contributed by atoms with Crippen LogP contribution in [-0.2, 0) is 4.79 Å². The van der Waals surface area contributed by atoms with Crippen LogP contribution in [0.5, 0.6) is 5.75 Å². The molecule has 0 aliphatic heterocycles. The second-order valence-electron chi connectivity index (χ2n) is 4.53. The molecule has 0 spiro atoms. The van der Waals surface area contributed by atoms with Gasteiger partial charge in [-0.15, -0.1) is 0 Å². The minimum absolute atomic E-state index is 0.437. The van der Waals surface area contributed by atoms with Crippen molar-refractivity contribution in [3.63, 3.8) is 0 Å². The van der Waals surface area contributed by atoms with Gasteiger partial charge in [0.25, 0.3) is 0 Å². The number of carbonyl (C=O) groups is 1. The second-order valence-corrected chi connectivity index (χ2v) is 4.53. The smallest absolute Gasteiger partial charge is 0.309 e. The molecule has 3 nitrogen and oxygen atoms in total. The highest BCUT2D eigenvalue weighted by molar-refractivity contribution is 5.74. The van der Waals surface area contributed by atoms with E-state index >= 15 is 0 Å². The van der Waals surface area contributed by atoms with Gasteiger partial charge >= 0.3 is 5.97 Å². The number of rotatable bonds is 7. The summed E-state index contributed by atoms with van der Waals surface area (Å²) in [5, 5.41) is 9.21. The Morgan fingerprint density at radius 3 is 2.47 bits per heavy atom. The summed E-state index contributed by atoms with van der Waals surface area (Å²) in [6.07, 6.45) is 2.08. The lowest BCUT2D eigenvalue weighted by Crippen LogP contribution is -2.29. The fourth-order valence-corrected chi connectivity index (χ4v) is 1.80. The predicted octanol–water partition coefficient (Wildman–Crippen LogP) is 3.35. The van der Waals surface area contributed by atoms with E-state index in [0.29, 0.717) is 19.4 Å². The van der Waals surface area contributed by atoms with E-state index in [-0.39, 0.29) is 0 Å². The van der Waals surface area contributed by atoms with Crippen molar-refractivity contribution in [2.75, 3.05) is 6.61 Å². The summed E-state index contributed by atoms with van der Waals surface area (Å²) in [6.45, 7) is 4.22. The number of hydrogen-bond donors (Lipinski definition) is 1. The highest BCUT2D eigenvalue weighted by Crippen LogP contribution is 2.28. The number of para-hydroxylation sites is 1. The molecule has 0 heterocycles. The highest BCUT2D eigenvalue weighted by atomic mass is 16.5. The Labute approximate surface area is 102 Å². The lowest BCUT2D eigenvalue weighted by molar-refractivity contribution is -0.149. The second kappa shape index (κ2) is 6.28. The van der Waals surface area contributed by atoms with Crippen molar-refractivity contribution in [3.8, 4) is 5.75 Å². The summed E-state index contributed by atoms with van der Waals surface area (Å²) in [7, 11) is 0. The molecule has 94 valence electrons. The number of benzene rings is 1. The number of aliphatic carboxylic acids is 1. The molecule has 0 fully saturated rings. The summed E-state index contributed by atoms with van der Waals surface area (Å²) >= 11 is 0. The minimum Gasteiger partial charge on any atom is -0.494 e. The first kappa shape index (κ1) is 13.6. The Hall–Kier alpha value is -1.51. The van der Waals surface area contributed by atoms with Gasteiger partial charge in [0.05, 0.1) is 12.0 Å². The maximum atomic E-state index is 11.2. The van der Waals surface area contributed by atoms with Crippen molar-refractivity contribution in [2.45, 2.75) is 33.1 Å². The lowest BCUT2D eigenvalue weighted by Gasteiger charge is -2.24. The fraction of sp³-hybridized carbons (Fsp3) is 0.500. The molecule has 3 heteroatoms. The molecule has 1 unspecified atom stereocenters. The van der Waals surface area contributed by atoms with E-state index in [4.69, 9.17) is 4.74 Å². The zero-order chi connectivity index (χ0) is 12.7. The molecule has 1 aromatic carbocycles. The van der Waals surface area contributed by atoms with Crippen LogP contribution in [0, 0.1) is 5.41 Å². The Bertz CT molecular complexity index is 348. The van der Waals surface area contributed by atoms with E-state index in [1.807, 2.05) is 37.3 Å². The Balaban J connectivity index is 2.45. The van der Waals surface area contributed by atoms with Crippen LogP contribution in [0.1, 0.15) is 33.1 Å². The van der Waals surface area contributed by atoms with E-state index in [1.54, 1.807) is 6.92 Å². The predicted molar refractivity (Wildman–Crippen MR) is 67.2 cm³/mol. The summed E-state index contributed by atoms with van der Waals surface area (Å²) in [6, 6.07) is 9.47. The molecule has 1 atom stereocenters. The van der Waals surface area contributed by atoms with Crippen LogP contribution in [0.15, 0.2) is 30.3 Å². The molecule has 0 radical (unpaired) electrons. The van der Waals surface area contributed by atoms with Gasteiger partial charge in [0.2, 0.25) is 0 Å². The van der Waals surface area contributed by atoms with Gasteiger partial charge < -0.3 is 9.84 Å². The molecule has 1 aromatic rings. The average molecular weight is 236 g/mol. The summed E-state index contributed by atoms with van der Waals surface area (Å²) in [4.78, 5) is 11.2. The molecule has 0 saturated heterocycles. The Kier molecular flexibility index (Phi) is 5.01. The fourth-order valence-electron chi connectivity index (χ4n) is 1.80. The maximum Gasteiger partial charge on any atom is 0.309 e. The quantitative estimate of drug-likeness (QED) is 0.789. The van der Waals surface area contributed by atoms with Crippen molar-refractivity contribution in [1.29, 1.82) is 0 Å². The number of carboxylic acids is 1. The maximum absolute atomic E-state index is 11.2. The third-order valence-corrected chi connectivity index (χ3v) is 2.98. The molecule has 0 saturated carbocycles. The summed E-state index contributed by atoms with van der Waals surface area (Å²) < 4.78 is 5.53. The Morgan fingerprint density at radius 1 is 1.29 bits per heavy atom. The van der Waals surface area contributed by atoms with Gasteiger partial charge in [0.1, 0.15) is 5.75 Å².